The van der Waals surface area contributed by atoms with Crippen molar-refractivity contribution in [2.24, 2.45) is 11.8 Å². The lowest BCUT2D eigenvalue weighted by Gasteiger charge is -2.54. The molecule has 2 fully saturated rings. The largest absolute Gasteiger partial charge is 0.347 e. The zero-order valence-corrected chi connectivity index (χ0v) is 16.8. The molecule has 1 saturated heterocycles. The van der Waals surface area contributed by atoms with Crippen LogP contribution in [0.25, 0.3) is 11.3 Å². The van der Waals surface area contributed by atoms with Crippen molar-refractivity contribution in [3.8, 4) is 11.3 Å². The molecule has 2 aromatic rings. The molecule has 1 saturated carbocycles. The maximum atomic E-state index is 14.6. The van der Waals surface area contributed by atoms with Crippen molar-refractivity contribution in [2.75, 3.05) is 13.2 Å². The summed E-state index contributed by atoms with van der Waals surface area (Å²) in [5, 5.41) is 0. The van der Waals surface area contributed by atoms with Crippen LogP contribution < -0.4 is 0 Å². The van der Waals surface area contributed by atoms with Gasteiger partial charge in [0.2, 0.25) is 0 Å². The third-order valence-corrected chi connectivity index (χ3v) is 7.38. The minimum Gasteiger partial charge on any atom is -0.347 e. The van der Waals surface area contributed by atoms with Crippen LogP contribution in [0.5, 0.6) is 0 Å². The van der Waals surface area contributed by atoms with Crippen LogP contribution in [0.4, 0.5) is 4.39 Å². The van der Waals surface area contributed by atoms with E-state index in [1.165, 1.54) is 6.07 Å². The molecular weight excluding hydrogens is 355 g/mol. The van der Waals surface area contributed by atoms with E-state index >= 15 is 0 Å². The Bertz CT molecular complexity index is 925. The van der Waals surface area contributed by atoms with Crippen molar-refractivity contribution >= 4 is 0 Å². The standard InChI is InChI=1S/C23H27FN2O2/c1-14-18-9-8-17-20(16-6-4-5-7-19(16)24)25-15(2)26-21(17)22(18,3)10-11-23(14)27-12-13-28-23/h4-7,14,18H,8-13H2,1-3H3/t14-,18-,22-/m1/s1. The van der Waals surface area contributed by atoms with Gasteiger partial charge in [-0.05, 0) is 44.2 Å². The van der Waals surface area contributed by atoms with Gasteiger partial charge in [-0.25, -0.2) is 14.4 Å². The third kappa shape index (κ3) is 2.49. The second-order valence-corrected chi connectivity index (χ2v) is 8.79. The van der Waals surface area contributed by atoms with Gasteiger partial charge in [-0.3, -0.25) is 0 Å². The number of ether oxygens (including phenoxy) is 2. The van der Waals surface area contributed by atoms with Gasteiger partial charge in [-0.1, -0.05) is 26.0 Å². The zero-order chi connectivity index (χ0) is 19.5. The molecule has 1 spiro atoms. The predicted molar refractivity (Wildman–Crippen MR) is 104 cm³/mol. The highest BCUT2D eigenvalue weighted by Crippen LogP contribution is 2.57. The van der Waals surface area contributed by atoms with Crippen LogP contribution in [0.15, 0.2) is 24.3 Å². The van der Waals surface area contributed by atoms with Crippen LogP contribution in [0.2, 0.25) is 0 Å². The molecule has 0 amide bonds. The van der Waals surface area contributed by atoms with Gasteiger partial charge in [0.1, 0.15) is 11.6 Å². The molecule has 2 heterocycles. The summed E-state index contributed by atoms with van der Waals surface area (Å²) in [6, 6.07) is 6.93. The Hall–Kier alpha value is -1.85. The van der Waals surface area contributed by atoms with Gasteiger partial charge in [0.15, 0.2) is 5.79 Å². The van der Waals surface area contributed by atoms with E-state index in [4.69, 9.17) is 14.5 Å². The molecule has 0 bridgehead atoms. The molecular formula is C23H27FN2O2. The van der Waals surface area contributed by atoms with Crippen molar-refractivity contribution in [3.05, 3.63) is 47.2 Å². The average Bonchev–Trinajstić information content (AvgIpc) is 3.16. The summed E-state index contributed by atoms with van der Waals surface area (Å²) < 4.78 is 26.8. The first kappa shape index (κ1) is 18.2. The zero-order valence-electron chi connectivity index (χ0n) is 16.8. The maximum Gasteiger partial charge on any atom is 0.171 e. The summed E-state index contributed by atoms with van der Waals surface area (Å²) in [4.78, 5) is 9.60. The minimum absolute atomic E-state index is 0.0682. The van der Waals surface area contributed by atoms with Crippen molar-refractivity contribution in [1.29, 1.82) is 0 Å². The second-order valence-electron chi connectivity index (χ2n) is 8.79. The van der Waals surface area contributed by atoms with Crippen LogP contribution in [0.3, 0.4) is 0 Å². The average molecular weight is 382 g/mol. The third-order valence-electron chi connectivity index (χ3n) is 7.38. The SMILES string of the molecule is Cc1nc(-c2ccccc2F)c2c(n1)[C@]1(C)CCC3(OCCO3)[C@H](C)[C@H]1CC2. The summed E-state index contributed by atoms with van der Waals surface area (Å²) in [6.45, 7) is 7.87. The summed E-state index contributed by atoms with van der Waals surface area (Å²) in [7, 11) is 0. The fourth-order valence-electron chi connectivity index (χ4n) is 5.93. The van der Waals surface area contributed by atoms with E-state index in [2.05, 4.69) is 18.8 Å². The van der Waals surface area contributed by atoms with Crippen LogP contribution in [0.1, 0.15) is 50.2 Å². The Kier molecular flexibility index (Phi) is 4.11. The van der Waals surface area contributed by atoms with Gasteiger partial charge in [0.25, 0.3) is 0 Å². The Morgan fingerprint density at radius 1 is 1.11 bits per heavy atom. The number of fused-ring (bicyclic) bond motifs is 3. The van der Waals surface area contributed by atoms with E-state index in [1.54, 1.807) is 6.07 Å². The van der Waals surface area contributed by atoms with Crippen LogP contribution in [0, 0.1) is 24.6 Å². The Morgan fingerprint density at radius 3 is 2.61 bits per heavy atom. The van der Waals surface area contributed by atoms with Crippen molar-refractivity contribution in [3.63, 3.8) is 0 Å². The van der Waals surface area contributed by atoms with Crippen molar-refractivity contribution in [1.82, 2.24) is 9.97 Å². The first-order valence-electron chi connectivity index (χ1n) is 10.4. The lowest BCUT2D eigenvalue weighted by molar-refractivity contribution is -0.234. The molecule has 28 heavy (non-hydrogen) atoms. The number of rotatable bonds is 1. The molecule has 5 rings (SSSR count). The van der Waals surface area contributed by atoms with Crippen LogP contribution in [-0.2, 0) is 21.3 Å². The molecule has 3 aliphatic rings. The smallest absolute Gasteiger partial charge is 0.171 e. The van der Waals surface area contributed by atoms with Crippen LogP contribution in [-0.4, -0.2) is 29.0 Å². The van der Waals surface area contributed by atoms with Crippen molar-refractivity contribution < 1.29 is 13.9 Å². The second kappa shape index (κ2) is 6.33. The Labute approximate surface area is 165 Å². The van der Waals surface area contributed by atoms with Gasteiger partial charge in [0.05, 0.1) is 24.6 Å². The van der Waals surface area contributed by atoms with E-state index in [-0.39, 0.29) is 11.2 Å². The molecule has 2 aliphatic carbocycles. The molecule has 0 N–H and O–H groups in total. The fourth-order valence-corrected chi connectivity index (χ4v) is 5.93. The van der Waals surface area contributed by atoms with E-state index in [0.717, 1.165) is 42.6 Å². The number of benzene rings is 1. The van der Waals surface area contributed by atoms with E-state index < -0.39 is 5.79 Å². The molecule has 1 aliphatic heterocycles. The molecule has 148 valence electrons. The highest BCUT2D eigenvalue weighted by atomic mass is 19.1. The van der Waals surface area contributed by atoms with Gasteiger partial charge >= 0.3 is 0 Å². The van der Waals surface area contributed by atoms with Gasteiger partial charge in [-0.15, -0.1) is 0 Å². The Balaban J connectivity index is 1.63. The molecule has 0 radical (unpaired) electrons. The highest BCUT2D eigenvalue weighted by Gasteiger charge is 2.57. The molecule has 0 unspecified atom stereocenters. The first-order chi connectivity index (χ1) is 13.4. The number of hydrogen-bond donors (Lipinski definition) is 0. The number of aryl methyl sites for hydroxylation is 1. The molecule has 4 nitrogen and oxygen atoms in total. The number of halogens is 1. The highest BCUT2D eigenvalue weighted by molar-refractivity contribution is 5.66. The van der Waals surface area contributed by atoms with E-state index in [9.17, 15) is 4.39 Å². The Morgan fingerprint density at radius 2 is 1.86 bits per heavy atom. The summed E-state index contributed by atoms with van der Waals surface area (Å²) in [6.07, 6.45) is 3.72. The predicted octanol–water partition coefficient (Wildman–Crippen LogP) is 4.58. The molecule has 1 aromatic heterocycles. The topological polar surface area (TPSA) is 44.2 Å². The summed E-state index contributed by atoms with van der Waals surface area (Å²) >= 11 is 0. The summed E-state index contributed by atoms with van der Waals surface area (Å²) in [5.41, 5.74) is 3.50. The molecule has 5 heteroatoms. The number of aromatic nitrogens is 2. The summed E-state index contributed by atoms with van der Waals surface area (Å²) in [5.74, 6) is 0.778. The lowest BCUT2D eigenvalue weighted by atomic mass is 9.54. The fraction of sp³-hybridized carbons (Fsp3) is 0.565. The normalized spacial score (nSPS) is 30.9. The minimum atomic E-state index is -0.432. The van der Waals surface area contributed by atoms with E-state index in [0.29, 0.717) is 36.4 Å². The van der Waals surface area contributed by atoms with Crippen LogP contribution >= 0.6 is 0 Å². The molecule has 3 atom stereocenters. The monoisotopic (exact) mass is 382 g/mol. The van der Waals surface area contributed by atoms with Gasteiger partial charge in [-0.2, -0.15) is 0 Å². The first-order valence-corrected chi connectivity index (χ1v) is 10.4. The lowest BCUT2D eigenvalue weighted by Crippen LogP contribution is -2.55. The number of hydrogen-bond acceptors (Lipinski definition) is 4. The maximum absolute atomic E-state index is 14.6. The van der Waals surface area contributed by atoms with Gasteiger partial charge in [0, 0.05) is 28.9 Å². The molecule has 1 aromatic carbocycles. The van der Waals surface area contributed by atoms with Gasteiger partial charge < -0.3 is 9.47 Å². The van der Waals surface area contributed by atoms with E-state index in [1.807, 2.05) is 19.1 Å². The number of nitrogens with zero attached hydrogens (tertiary/aromatic N) is 2. The quantitative estimate of drug-likeness (QED) is 0.724. The van der Waals surface area contributed by atoms with Crippen molar-refractivity contribution in [2.45, 2.75) is 57.7 Å².